The van der Waals surface area contributed by atoms with Crippen LogP contribution in [0.1, 0.15) is 19.8 Å². The third-order valence-electron chi connectivity index (χ3n) is 2.09. The molecule has 0 saturated heterocycles. The average Bonchev–Trinajstić information content (AvgIpc) is 2.23. The number of nitrogens with zero attached hydrogens (tertiary/aromatic N) is 1. The standard InChI is InChI=1S/C10H21N3O2/c1-4-12-10(15)6-8-13(3)7-5-9(14)11-2/h4-8H2,1-3H3,(H,11,14)(H,12,15). The van der Waals surface area contributed by atoms with E-state index < -0.39 is 0 Å². The lowest BCUT2D eigenvalue weighted by molar-refractivity contribution is -0.121. The first kappa shape index (κ1) is 13.9. The topological polar surface area (TPSA) is 61.4 Å². The number of carbonyl (C=O) groups excluding carboxylic acids is 2. The SMILES string of the molecule is CCNC(=O)CCN(C)CCC(=O)NC. The van der Waals surface area contributed by atoms with E-state index in [0.29, 0.717) is 32.5 Å². The zero-order valence-corrected chi connectivity index (χ0v) is 9.80. The van der Waals surface area contributed by atoms with Crippen LogP contribution in [0.4, 0.5) is 0 Å². The van der Waals surface area contributed by atoms with E-state index in [1.54, 1.807) is 7.05 Å². The number of amides is 2. The second-order valence-electron chi connectivity index (χ2n) is 3.43. The largest absolute Gasteiger partial charge is 0.359 e. The van der Waals surface area contributed by atoms with Gasteiger partial charge in [0.2, 0.25) is 11.8 Å². The average molecular weight is 215 g/mol. The van der Waals surface area contributed by atoms with Crippen molar-refractivity contribution in [2.24, 2.45) is 0 Å². The van der Waals surface area contributed by atoms with Gasteiger partial charge in [0.1, 0.15) is 0 Å². The maximum Gasteiger partial charge on any atom is 0.221 e. The van der Waals surface area contributed by atoms with Gasteiger partial charge in [0.25, 0.3) is 0 Å². The molecule has 0 saturated carbocycles. The molecular weight excluding hydrogens is 194 g/mol. The van der Waals surface area contributed by atoms with Crippen molar-refractivity contribution in [3.05, 3.63) is 0 Å². The maximum absolute atomic E-state index is 11.1. The summed E-state index contributed by atoms with van der Waals surface area (Å²) in [6, 6.07) is 0. The first-order valence-corrected chi connectivity index (χ1v) is 5.26. The Balaban J connectivity index is 3.52. The van der Waals surface area contributed by atoms with Gasteiger partial charge < -0.3 is 15.5 Å². The molecule has 0 aromatic carbocycles. The van der Waals surface area contributed by atoms with Crippen molar-refractivity contribution in [1.82, 2.24) is 15.5 Å². The van der Waals surface area contributed by atoms with Gasteiger partial charge in [0.15, 0.2) is 0 Å². The summed E-state index contributed by atoms with van der Waals surface area (Å²) in [4.78, 5) is 24.0. The molecule has 0 aromatic heterocycles. The van der Waals surface area contributed by atoms with Gasteiger partial charge in [-0.2, -0.15) is 0 Å². The highest BCUT2D eigenvalue weighted by Crippen LogP contribution is 1.90. The molecule has 0 aliphatic rings. The van der Waals surface area contributed by atoms with Crippen molar-refractivity contribution in [2.45, 2.75) is 19.8 Å². The van der Waals surface area contributed by atoms with Crippen LogP contribution in [0.15, 0.2) is 0 Å². The number of nitrogens with one attached hydrogen (secondary N) is 2. The summed E-state index contributed by atoms with van der Waals surface area (Å²) in [5.41, 5.74) is 0. The first-order chi connectivity index (χ1) is 7.10. The fourth-order valence-electron chi connectivity index (χ4n) is 1.11. The Morgan fingerprint density at radius 2 is 1.67 bits per heavy atom. The van der Waals surface area contributed by atoms with E-state index in [-0.39, 0.29) is 11.8 Å². The van der Waals surface area contributed by atoms with Crippen LogP contribution in [0.3, 0.4) is 0 Å². The van der Waals surface area contributed by atoms with E-state index in [1.165, 1.54) is 0 Å². The van der Waals surface area contributed by atoms with E-state index >= 15 is 0 Å². The van der Waals surface area contributed by atoms with Crippen LogP contribution in [-0.2, 0) is 9.59 Å². The van der Waals surface area contributed by atoms with E-state index in [2.05, 4.69) is 10.6 Å². The molecule has 0 fully saturated rings. The van der Waals surface area contributed by atoms with Gasteiger partial charge in [-0.1, -0.05) is 0 Å². The fraction of sp³-hybridized carbons (Fsp3) is 0.800. The van der Waals surface area contributed by atoms with Gasteiger partial charge in [-0.3, -0.25) is 9.59 Å². The van der Waals surface area contributed by atoms with Crippen molar-refractivity contribution in [3.8, 4) is 0 Å². The van der Waals surface area contributed by atoms with E-state index in [4.69, 9.17) is 0 Å². The van der Waals surface area contributed by atoms with Crippen molar-refractivity contribution in [3.63, 3.8) is 0 Å². The molecular formula is C10H21N3O2. The normalized spacial score (nSPS) is 10.1. The van der Waals surface area contributed by atoms with E-state index in [9.17, 15) is 9.59 Å². The third kappa shape index (κ3) is 7.93. The Kier molecular flexibility index (Phi) is 7.62. The summed E-state index contributed by atoms with van der Waals surface area (Å²) < 4.78 is 0. The zero-order valence-electron chi connectivity index (χ0n) is 9.80. The minimum Gasteiger partial charge on any atom is -0.359 e. The van der Waals surface area contributed by atoms with Gasteiger partial charge in [0.05, 0.1) is 0 Å². The molecule has 0 rings (SSSR count). The van der Waals surface area contributed by atoms with Crippen LogP contribution in [0.25, 0.3) is 0 Å². The van der Waals surface area contributed by atoms with Gasteiger partial charge >= 0.3 is 0 Å². The summed E-state index contributed by atoms with van der Waals surface area (Å²) >= 11 is 0. The predicted octanol–water partition coefficient (Wildman–Crippen LogP) is -0.419. The Bertz CT molecular complexity index is 207. The molecule has 0 aliphatic carbocycles. The molecule has 5 heteroatoms. The lowest BCUT2D eigenvalue weighted by Gasteiger charge is -2.15. The number of hydrogen-bond donors (Lipinski definition) is 2. The minimum atomic E-state index is 0.0276. The van der Waals surface area contributed by atoms with Crippen molar-refractivity contribution >= 4 is 11.8 Å². The lowest BCUT2D eigenvalue weighted by atomic mass is 10.3. The molecule has 0 aliphatic heterocycles. The predicted molar refractivity (Wildman–Crippen MR) is 59.5 cm³/mol. The summed E-state index contributed by atoms with van der Waals surface area (Å²) in [7, 11) is 3.53. The van der Waals surface area contributed by atoms with Gasteiger partial charge in [-0.25, -0.2) is 0 Å². The van der Waals surface area contributed by atoms with Crippen LogP contribution in [-0.4, -0.2) is 50.4 Å². The second-order valence-corrected chi connectivity index (χ2v) is 3.43. The molecule has 88 valence electrons. The molecule has 0 aromatic rings. The molecule has 2 N–H and O–H groups in total. The maximum atomic E-state index is 11.1. The third-order valence-corrected chi connectivity index (χ3v) is 2.09. The number of rotatable bonds is 7. The van der Waals surface area contributed by atoms with Gasteiger partial charge in [-0.05, 0) is 14.0 Å². The van der Waals surface area contributed by atoms with Crippen LogP contribution >= 0.6 is 0 Å². The molecule has 0 bridgehead atoms. The highest BCUT2D eigenvalue weighted by molar-refractivity contribution is 5.76. The molecule has 0 atom stereocenters. The number of carbonyl (C=O) groups is 2. The van der Waals surface area contributed by atoms with Gasteiger partial charge in [0, 0.05) is 39.5 Å². The molecule has 0 radical (unpaired) electrons. The van der Waals surface area contributed by atoms with Crippen LogP contribution in [0.2, 0.25) is 0 Å². The minimum absolute atomic E-state index is 0.0276. The molecule has 0 unspecified atom stereocenters. The monoisotopic (exact) mass is 215 g/mol. The molecule has 0 spiro atoms. The zero-order chi connectivity index (χ0) is 11.7. The Labute approximate surface area is 91.2 Å². The highest BCUT2D eigenvalue weighted by Gasteiger charge is 2.05. The second kappa shape index (κ2) is 8.23. The van der Waals surface area contributed by atoms with Crippen molar-refractivity contribution < 1.29 is 9.59 Å². The van der Waals surface area contributed by atoms with Crippen molar-refractivity contribution in [2.75, 3.05) is 33.7 Å². The highest BCUT2D eigenvalue weighted by atomic mass is 16.2. The van der Waals surface area contributed by atoms with Crippen LogP contribution in [0.5, 0.6) is 0 Å². The molecule has 5 nitrogen and oxygen atoms in total. The van der Waals surface area contributed by atoms with E-state index in [0.717, 1.165) is 0 Å². The molecule has 0 heterocycles. The lowest BCUT2D eigenvalue weighted by Crippen LogP contribution is -2.31. The molecule has 2 amide bonds. The Hall–Kier alpha value is -1.10. The van der Waals surface area contributed by atoms with Crippen LogP contribution < -0.4 is 10.6 Å². The summed E-state index contributed by atoms with van der Waals surface area (Å²) in [6.07, 6.45) is 0.959. The molecule has 15 heavy (non-hydrogen) atoms. The van der Waals surface area contributed by atoms with E-state index in [1.807, 2.05) is 18.9 Å². The van der Waals surface area contributed by atoms with Crippen LogP contribution in [0, 0.1) is 0 Å². The summed E-state index contributed by atoms with van der Waals surface area (Å²) in [5, 5.41) is 5.29. The van der Waals surface area contributed by atoms with Crippen molar-refractivity contribution in [1.29, 1.82) is 0 Å². The smallest absolute Gasteiger partial charge is 0.221 e. The quantitative estimate of drug-likeness (QED) is 0.606. The summed E-state index contributed by atoms with van der Waals surface area (Å²) in [6.45, 7) is 3.93. The Morgan fingerprint density at radius 3 is 2.13 bits per heavy atom. The Morgan fingerprint density at radius 1 is 1.13 bits per heavy atom. The number of hydrogen-bond acceptors (Lipinski definition) is 3. The fourth-order valence-corrected chi connectivity index (χ4v) is 1.11. The first-order valence-electron chi connectivity index (χ1n) is 5.26. The summed E-state index contributed by atoms with van der Waals surface area (Å²) in [5.74, 6) is 0.0872. The van der Waals surface area contributed by atoms with Gasteiger partial charge in [-0.15, -0.1) is 0 Å².